The van der Waals surface area contributed by atoms with Gasteiger partial charge in [-0.2, -0.15) is 16.8 Å². The van der Waals surface area contributed by atoms with E-state index in [0.29, 0.717) is 6.42 Å². The van der Waals surface area contributed by atoms with E-state index in [-0.39, 0.29) is 0 Å². The van der Waals surface area contributed by atoms with Crippen molar-refractivity contribution < 1.29 is 25.9 Å². The van der Waals surface area contributed by atoms with Crippen LogP contribution in [0.2, 0.25) is 0 Å². The van der Waals surface area contributed by atoms with Gasteiger partial charge in [-0.1, -0.05) is 19.1 Å². The molecule has 6 nitrogen and oxygen atoms in total. The molecule has 8 heteroatoms. The van der Waals surface area contributed by atoms with Crippen molar-refractivity contribution in [1.82, 2.24) is 0 Å². The van der Waals surface area contributed by atoms with Crippen LogP contribution in [0, 0.1) is 0 Å². The minimum absolute atomic E-state index is 0.467. The first kappa shape index (κ1) is 13.6. The average molecular weight is 244 g/mol. The van der Waals surface area contributed by atoms with Crippen LogP contribution >= 0.6 is 0 Å². The number of allylic oxidation sites excluding steroid dienone is 2. The maximum Gasteiger partial charge on any atom is 0.285 e. The van der Waals surface area contributed by atoms with Crippen molar-refractivity contribution in [2.45, 2.75) is 24.3 Å². The normalized spacial score (nSPS) is 14.0. The quantitative estimate of drug-likeness (QED) is 0.536. The summed E-state index contributed by atoms with van der Waals surface area (Å²) in [5.74, 6) is 0. The molecule has 0 aliphatic heterocycles. The van der Waals surface area contributed by atoms with Gasteiger partial charge in [0.25, 0.3) is 20.2 Å². The fourth-order valence-corrected chi connectivity index (χ4v) is 2.71. The van der Waals surface area contributed by atoms with E-state index in [1.807, 2.05) is 0 Å². The molecule has 0 aromatic rings. The summed E-state index contributed by atoms with van der Waals surface area (Å²) in [6.07, 6.45) is 2.94. The molecule has 0 unspecified atom stereocenters. The van der Waals surface area contributed by atoms with Crippen LogP contribution in [0.4, 0.5) is 0 Å². The molecule has 0 aliphatic rings. The van der Waals surface area contributed by atoms with Crippen molar-refractivity contribution in [3.05, 3.63) is 12.2 Å². The highest BCUT2D eigenvalue weighted by Crippen LogP contribution is 2.11. The fraction of sp³-hybridized carbons (Fsp3) is 0.667. The minimum atomic E-state index is -4.79. The first-order valence-electron chi connectivity index (χ1n) is 3.77. The van der Waals surface area contributed by atoms with Crippen molar-refractivity contribution >= 4 is 20.2 Å². The molecule has 0 saturated carbocycles. The third-order valence-corrected chi connectivity index (χ3v) is 4.57. The smallest absolute Gasteiger partial charge is 0.284 e. The molecule has 0 fully saturated rings. The van der Waals surface area contributed by atoms with E-state index in [2.05, 4.69) is 0 Å². The van der Waals surface area contributed by atoms with Crippen LogP contribution in [0.15, 0.2) is 12.2 Å². The van der Waals surface area contributed by atoms with Crippen LogP contribution in [0.5, 0.6) is 0 Å². The molecule has 0 aromatic heterocycles. The number of hydrogen-bond donors (Lipinski definition) is 2. The topological polar surface area (TPSA) is 109 Å². The molecule has 0 bridgehead atoms. The summed E-state index contributed by atoms with van der Waals surface area (Å²) in [6.45, 7) is 1.77. The lowest BCUT2D eigenvalue weighted by Gasteiger charge is -2.07. The van der Waals surface area contributed by atoms with Gasteiger partial charge in [0.1, 0.15) is 0 Å². The van der Waals surface area contributed by atoms with Crippen LogP contribution in [0.1, 0.15) is 19.8 Å². The Hall–Kier alpha value is -0.440. The Labute approximate surface area is 83.1 Å². The van der Waals surface area contributed by atoms with E-state index in [9.17, 15) is 16.8 Å². The molecule has 0 radical (unpaired) electrons. The lowest BCUT2D eigenvalue weighted by molar-refractivity contribution is 0.455. The van der Waals surface area contributed by atoms with Gasteiger partial charge in [-0.15, -0.1) is 0 Å². The van der Waals surface area contributed by atoms with Gasteiger partial charge in [0.15, 0.2) is 0 Å². The van der Waals surface area contributed by atoms with Gasteiger partial charge >= 0.3 is 0 Å². The Bertz CT molecular complexity index is 358. The summed E-state index contributed by atoms with van der Waals surface area (Å²) in [7, 11) is -9.58. The van der Waals surface area contributed by atoms with E-state index in [1.54, 1.807) is 6.92 Å². The zero-order valence-electron chi connectivity index (χ0n) is 7.49. The van der Waals surface area contributed by atoms with E-state index in [0.717, 1.165) is 0 Å². The Kier molecular flexibility index (Phi) is 4.72. The van der Waals surface area contributed by atoms with Gasteiger partial charge in [-0.05, 0) is 6.42 Å². The van der Waals surface area contributed by atoms with E-state index >= 15 is 0 Å². The SMILES string of the molecule is CCC=CCC(S(=O)(=O)O)S(=O)(=O)O. The lowest BCUT2D eigenvalue weighted by Crippen LogP contribution is -2.28. The maximum atomic E-state index is 10.6. The summed E-state index contributed by atoms with van der Waals surface area (Å²) in [4.78, 5) is 0. The van der Waals surface area contributed by atoms with Gasteiger partial charge in [0, 0.05) is 6.42 Å². The zero-order valence-corrected chi connectivity index (χ0v) is 9.12. The second-order valence-electron chi connectivity index (χ2n) is 2.57. The first-order chi connectivity index (χ1) is 6.19. The second-order valence-corrected chi connectivity index (χ2v) is 6.07. The summed E-state index contributed by atoms with van der Waals surface area (Å²) in [5, 5.41) is 0. The molecule has 0 aromatic carbocycles. The lowest BCUT2D eigenvalue weighted by atomic mass is 10.3. The third-order valence-electron chi connectivity index (χ3n) is 1.40. The Morgan fingerprint density at radius 2 is 1.50 bits per heavy atom. The Balaban J connectivity index is 4.89. The predicted octanol–water partition coefficient (Wildman–Crippen LogP) is 0.444. The summed E-state index contributed by atoms with van der Waals surface area (Å²) >= 11 is 0. The maximum absolute atomic E-state index is 10.6. The molecule has 0 saturated heterocycles. The van der Waals surface area contributed by atoms with Crippen LogP contribution in [0.25, 0.3) is 0 Å². The molecule has 0 spiro atoms. The summed E-state index contributed by atoms with van der Waals surface area (Å²) in [6, 6.07) is 0. The van der Waals surface area contributed by atoms with E-state index in [4.69, 9.17) is 9.11 Å². The number of rotatable bonds is 5. The van der Waals surface area contributed by atoms with E-state index in [1.165, 1.54) is 12.2 Å². The minimum Gasteiger partial charge on any atom is -0.284 e. The second kappa shape index (κ2) is 4.87. The molecule has 0 amide bonds. The van der Waals surface area contributed by atoms with Crippen molar-refractivity contribution in [3.63, 3.8) is 0 Å². The van der Waals surface area contributed by atoms with Crippen LogP contribution in [-0.4, -0.2) is 30.5 Å². The molecule has 14 heavy (non-hydrogen) atoms. The standard InChI is InChI=1S/C6H12O6S2/c1-2-3-4-5-6(13(7,8)9)14(10,11)12/h3-4,6H,2,5H2,1H3,(H,7,8,9)(H,10,11,12). The zero-order chi connectivity index (χ0) is 11.4. The van der Waals surface area contributed by atoms with Gasteiger partial charge in [0.2, 0.25) is 4.58 Å². The fourth-order valence-electron chi connectivity index (χ4n) is 0.771. The van der Waals surface area contributed by atoms with Crippen molar-refractivity contribution in [2.24, 2.45) is 0 Å². The van der Waals surface area contributed by atoms with Crippen molar-refractivity contribution in [3.8, 4) is 0 Å². The van der Waals surface area contributed by atoms with Gasteiger partial charge < -0.3 is 0 Å². The van der Waals surface area contributed by atoms with Crippen molar-refractivity contribution in [1.29, 1.82) is 0 Å². The largest absolute Gasteiger partial charge is 0.285 e. The third kappa shape index (κ3) is 4.70. The molecule has 0 atom stereocenters. The first-order valence-corrected chi connectivity index (χ1v) is 6.77. The monoisotopic (exact) mass is 244 g/mol. The highest BCUT2D eigenvalue weighted by Gasteiger charge is 2.34. The van der Waals surface area contributed by atoms with Gasteiger partial charge in [-0.3, -0.25) is 9.11 Å². The van der Waals surface area contributed by atoms with Gasteiger partial charge in [-0.25, -0.2) is 0 Å². The Morgan fingerprint density at radius 1 is 1.07 bits per heavy atom. The highest BCUT2D eigenvalue weighted by molar-refractivity contribution is 8.03. The van der Waals surface area contributed by atoms with Crippen LogP contribution < -0.4 is 0 Å². The molecule has 0 heterocycles. The Morgan fingerprint density at radius 3 is 1.79 bits per heavy atom. The summed E-state index contributed by atoms with van der Waals surface area (Å²) in [5.41, 5.74) is 0. The van der Waals surface area contributed by atoms with Crippen LogP contribution in [0.3, 0.4) is 0 Å². The molecular formula is C6H12O6S2. The molecule has 0 rings (SSSR count). The van der Waals surface area contributed by atoms with E-state index < -0.39 is 31.2 Å². The summed E-state index contributed by atoms with van der Waals surface area (Å²) < 4.78 is 57.0. The van der Waals surface area contributed by atoms with Gasteiger partial charge in [0.05, 0.1) is 0 Å². The van der Waals surface area contributed by atoms with Crippen molar-refractivity contribution in [2.75, 3.05) is 0 Å². The molecule has 0 aliphatic carbocycles. The molecule has 84 valence electrons. The predicted molar refractivity (Wildman–Crippen MR) is 50.9 cm³/mol. The number of hydrogen-bond acceptors (Lipinski definition) is 4. The highest BCUT2D eigenvalue weighted by atomic mass is 32.3. The molecule has 2 N–H and O–H groups in total. The van der Waals surface area contributed by atoms with Crippen LogP contribution in [-0.2, 0) is 20.2 Å². The average Bonchev–Trinajstić information content (AvgIpc) is 1.92. The molecular weight excluding hydrogens is 232 g/mol.